The first-order chi connectivity index (χ1) is 18.2. The molecule has 2 aromatic carbocycles. The van der Waals surface area contributed by atoms with Crippen molar-refractivity contribution in [3.05, 3.63) is 53.7 Å². The second kappa shape index (κ2) is 10.5. The number of hydrogen-bond donors (Lipinski definition) is 1. The van der Waals surface area contributed by atoms with Gasteiger partial charge in [-0.05, 0) is 44.3 Å². The molecule has 3 aromatic rings. The third-order valence-corrected chi connectivity index (χ3v) is 8.10. The minimum Gasteiger partial charge on any atom is -0.462 e. The van der Waals surface area contributed by atoms with E-state index >= 15 is 0 Å². The van der Waals surface area contributed by atoms with Crippen LogP contribution in [0.4, 0.5) is 11.5 Å². The fraction of sp³-hybridized carbons (Fsp3) is 0.483. The average Bonchev–Trinajstić information content (AvgIpc) is 3.35. The van der Waals surface area contributed by atoms with Gasteiger partial charge in [0.15, 0.2) is 0 Å². The van der Waals surface area contributed by atoms with Gasteiger partial charge in [0, 0.05) is 54.9 Å². The van der Waals surface area contributed by atoms with Crippen LogP contribution in [-0.4, -0.2) is 73.3 Å². The highest BCUT2D eigenvalue weighted by molar-refractivity contribution is 5.94. The first-order valence-corrected chi connectivity index (χ1v) is 13.5. The number of anilines is 2. The summed E-state index contributed by atoms with van der Waals surface area (Å²) >= 11 is 0. The van der Waals surface area contributed by atoms with Crippen molar-refractivity contribution < 1.29 is 4.74 Å². The van der Waals surface area contributed by atoms with Crippen molar-refractivity contribution in [3.63, 3.8) is 0 Å². The molecule has 1 aromatic heterocycles. The van der Waals surface area contributed by atoms with E-state index in [0.717, 1.165) is 63.6 Å². The van der Waals surface area contributed by atoms with Crippen molar-refractivity contribution in [1.29, 1.82) is 5.26 Å². The number of rotatable bonds is 6. The van der Waals surface area contributed by atoms with Gasteiger partial charge in [-0.25, -0.2) is 0 Å². The van der Waals surface area contributed by atoms with E-state index in [0.29, 0.717) is 25.1 Å². The number of fused-ring (bicyclic) bond motifs is 2. The third-order valence-electron chi connectivity index (χ3n) is 8.10. The van der Waals surface area contributed by atoms with Gasteiger partial charge in [0.2, 0.25) is 0 Å². The molecule has 8 heteroatoms. The number of ether oxygens (including phenoxy) is 1. The molecule has 0 spiro atoms. The molecule has 3 aliphatic rings. The standard InChI is InChI=1S/C29H35N7O/c1-34-15-5-8-23(34)20-37-29-32-26-19-35(27-10-4-7-21-6-2-3-9-24(21)27)16-12-25(26)28(33-29)36-17-14-31-22(18-36)11-13-30/h2-4,6-7,9-10,22-23,31H,5,8,11-12,14-20H2,1H3/t22-,23-/m0/s1. The molecule has 1 N–H and O–H groups in total. The van der Waals surface area contributed by atoms with Crippen molar-refractivity contribution in [2.45, 2.75) is 44.3 Å². The number of nitrogens with one attached hydrogen (secondary N) is 1. The van der Waals surface area contributed by atoms with Gasteiger partial charge in [-0.2, -0.15) is 15.2 Å². The minimum atomic E-state index is 0.150. The summed E-state index contributed by atoms with van der Waals surface area (Å²) in [5.74, 6) is 0.988. The van der Waals surface area contributed by atoms with Crippen LogP contribution in [0.25, 0.3) is 10.8 Å². The van der Waals surface area contributed by atoms with Crippen LogP contribution in [-0.2, 0) is 13.0 Å². The Kier molecular flexibility index (Phi) is 6.81. The van der Waals surface area contributed by atoms with E-state index < -0.39 is 0 Å². The van der Waals surface area contributed by atoms with Gasteiger partial charge in [-0.15, -0.1) is 0 Å². The third kappa shape index (κ3) is 4.94. The second-order valence-electron chi connectivity index (χ2n) is 10.5. The van der Waals surface area contributed by atoms with Crippen LogP contribution in [0.1, 0.15) is 30.5 Å². The minimum absolute atomic E-state index is 0.150. The lowest BCUT2D eigenvalue weighted by atomic mass is 10.0. The number of likely N-dealkylation sites (tertiary alicyclic amines) is 1. The predicted molar refractivity (Wildman–Crippen MR) is 146 cm³/mol. The summed E-state index contributed by atoms with van der Waals surface area (Å²) < 4.78 is 6.27. The number of nitriles is 1. The Labute approximate surface area is 218 Å². The monoisotopic (exact) mass is 497 g/mol. The molecule has 0 radical (unpaired) electrons. The Bertz CT molecular complexity index is 1300. The van der Waals surface area contributed by atoms with Crippen LogP contribution in [0.2, 0.25) is 0 Å². The SMILES string of the molecule is CN1CCC[C@H]1COc1nc2c(c(N3CCN[C@@H](CC#N)C3)n1)CCN(c1cccc3ccccc13)C2. The topological polar surface area (TPSA) is 80.5 Å². The zero-order valence-electron chi connectivity index (χ0n) is 21.6. The highest BCUT2D eigenvalue weighted by Gasteiger charge is 2.29. The molecule has 0 saturated carbocycles. The van der Waals surface area contributed by atoms with Crippen LogP contribution in [0, 0.1) is 11.3 Å². The summed E-state index contributed by atoms with van der Waals surface area (Å²) in [5, 5.41) is 15.3. The van der Waals surface area contributed by atoms with Crippen molar-refractivity contribution >= 4 is 22.3 Å². The molecule has 0 bridgehead atoms. The fourth-order valence-corrected chi connectivity index (χ4v) is 6.03. The second-order valence-corrected chi connectivity index (χ2v) is 10.5. The summed E-state index contributed by atoms with van der Waals surface area (Å²) in [7, 11) is 2.16. The molecule has 4 heterocycles. The maximum absolute atomic E-state index is 9.26. The molecule has 192 valence electrons. The van der Waals surface area contributed by atoms with Gasteiger partial charge < -0.3 is 24.8 Å². The molecule has 3 aliphatic heterocycles. The normalized spacial score (nSPS) is 22.2. The molecule has 0 aliphatic carbocycles. The molecule has 2 saturated heterocycles. The summed E-state index contributed by atoms with van der Waals surface area (Å²) in [6.45, 7) is 5.85. The van der Waals surface area contributed by atoms with E-state index in [1.807, 2.05) is 0 Å². The average molecular weight is 498 g/mol. The molecule has 0 unspecified atom stereocenters. The smallest absolute Gasteiger partial charge is 0.318 e. The van der Waals surface area contributed by atoms with E-state index in [2.05, 4.69) is 75.6 Å². The lowest BCUT2D eigenvalue weighted by Gasteiger charge is -2.37. The predicted octanol–water partition coefficient (Wildman–Crippen LogP) is 3.36. The molecule has 2 fully saturated rings. The number of aromatic nitrogens is 2. The van der Waals surface area contributed by atoms with Crippen LogP contribution < -0.4 is 19.9 Å². The van der Waals surface area contributed by atoms with E-state index in [9.17, 15) is 5.26 Å². The molecule has 0 amide bonds. The number of hydrogen-bond acceptors (Lipinski definition) is 8. The van der Waals surface area contributed by atoms with E-state index in [-0.39, 0.29) is 6.04 Å². The van der Waals surface area contributed by atoms with E-state index in [4.69, 9.17) is 14.7 Å². The molecule has 8 nitrogen and oxygen atoms in total. The van der Waals surface area contributed by atoms with Crippen molar-refractivity contribution in [3.8, 4) is 12.1 Å². The Morgan fingerprint density at radius 1 is 1.08 bits per heavy atom. The fourth-order valence-electron chi connectivity index (χ4n) is 6.03. The maximum Gasteiger partial charge on any atom is 0.318 e. The van der Waals surface area contributed by atoms with Gasteiger partial charge >= 0.3 is 6.01 Å². The van der Waals surface area contributed by atoms with Gasteiger partial charge in [0.1, 0.15) is 12.4 Å². The van der Waals surface area contributed by atoms with Crippen LogP contribution in [0.3, 0.4) is 0 Å². The van der Waals surface area contributed by atoms with Gasteiger partial charge in [-0.3, -0.25) is 0 Å². The highest BCUT2D eigenvalue weighted by atomic mass is 16.5. The molecule has 2 atom stereocenters. The maximum atomic E-state index is 9.26. The zero-order chi connectivity index (χ0) is 25.2. The summed E-state index contributed by atoms with van der Waals surface area (Å²) in [5.41, 5.74) is 3.52. The summed E-state index contributed by atoms with van der Waals surface area (Å²) in [6.07, 6.45) is 3.74. The van der Waals surface area contributed by atoms with Crippen LogP contribution in [0.5, 0.6) is 6.01 Å². The van der Waals surface area contributed by atoms with Crippen molar-refractivity contribution in [2.24, 2.45) is 0 Å². The largest absolute Gasteiger partial charge is 0.462 e. The molecular formula is C29H35N7O. The van der Waals surface area contributed by atoms with Crippen molar-refractivity contribution in [2.75, 3.05) is 56.2 Å². The highest BCUT2D eigenvalue weighted by Crippen LogP contribution is 2.34. The molecular weight excluding hydrogens is 462 g/mol. The summed E-state index contributed by atoms with van der Waals surface area (Å²) in [6, 6.07) is 18.5. The Morgan fingerprint density at radius 3 is 2.84 bits per heavy atom. The van der Waals surface area contributed by atoms with Crippen molar-refractivity contribution in [1.82, 2.24) is 20.2 Å². The molecule has 6 rings (SSSR count). The summed E-state index contributed by atoms with van der Waals surface area (Å²) in [4.78, 5) is 17.1. The first-order valence-electron chi connectivity index (χ1n) is 13.5. The zero-order valence-corrected chi connectivity index (χ0v) is 21.6. The quantitative estimate of drug-likeness (QED) is 0.555. The van der Waals surface area contributed by atoms with E-state index in [1.54, 1.807) is 0 Å². The number of piperazine rings is 1. The molecule has 37 heavy (non-hydrogen) atoms. The Hall–Kier alpha value is -3.41. The van der Waals surface area contributed by atoms with E-state index in [1.165, 1.54) is 28.4 Å². The lowest BCUT2D eigenvalue weighted by molar-refractivity contribution is 0.187. The number of nitrogens with zero attached hydrogens (tertiary/aromatic N) is 6. The Morgan fingerprint density at radius 2 is 1.97 bits per heavy atom. The van der Waals surface area contributed by atoms with Gasteiger partial charge in [0.25, 0.3) is 0 Å². The number of likely N-dealkylation sites (N-methyl/N-ethyl adjacent to an activating group) is 1. The number of benzene rings is 2. The van der Waals surface area contributed by atoms with Crippen LogP contribution >= 0.6 is 0 Å². The van der Waals surface area contributed by atoms with Gasteiger partial charge in [0.05, 0.1) is 24.7 Å². The lowest BCUT2D eigenvalue weighted by Crippen LogP contribution is -2.51. The van der Waals surface area contributed by atoms with Crippen LogP contribution in [0.15, 0.2) is 42.5 Å². The van der Waals surface area contributed by atoms with Gasteiger partial charge in [-0.1, -0.05) is 36.4 Å². The first kappa shape index (κ1) is 24.0. The Balaban J connectivity index is 1.32.